The first-order chi connectivity index (χ1) is 12.6. The van der Waals surface area contributed by atoms with Crippen LogP contribution in [0.25, 0.3) is 0 Å². The minimum Gasteiger partial charge on any atom is -0.388 e. The van der Waals surface area contributed by atoms with Crippen LogP contribution >= 0.6 is 11.6 Å². The second-order valence-electron chi connectivity index (χ2n) is 6.48. The maximum Gasteiger partial charge on any atom is 0.251 e. The van der Waals surface area contributed by atoms with Crippen LogP contribution in [0.2, 0.25) is 0 Å². The molecule has 0 saturated carbocycles. The lowest BCUT2D eigenvalue weighted by atomic mass is 9.73. The van der Waals surface area contributed by atoms with Crippen LogP contribution in [-0.2, 0) is 0 Å². The second kappa shape index (κ2) is 7.90. The number of hydrogen-bond donors (Lipinski definition) is 2. The molecule has 0 saturated heterocycles. The van der Waals surface area contributed by atoms with Gasteiger partial charge in [0.25, 0.3) is 5.91 Å². The zero-order valence-electron chi connectivity index (χ0n) is 14.6. The van der Waals surface area contributed by atoms with Crippen molar-refractivity contribution in [3.05, 3.63) is 95.1 Å². The van der Waals surface area contributed by atoms with E-state index in [1.54, 1.807) is 18.2 Å². The number of rotatable bonds is 5. The van der Waals surface area contributed by atoms with Gasteiger partial charge in [0.05, 0.1) is 11.6 Å². The molecule has 0 heterocycles. The summed E-state index contributed by atoms with van der Waals surface area (Å²) in [6.45, 7) is 1.99. The standard InChI is InChI=1S/C22H22ClNO2/c1-2-22(24-21(26)17-11-7-4-8-12-17)14-13-18(23)15-19(22)20(25)16-9-5-3-6-10-16/h3-15,19-20,25H,2H2,1H3,(H,24,26). The summed E-state index contributed by atoms with van der Waals surface area (Å²) in [4.78, 5) is 12.8. The molecule has 1 aliphatic rings. The molecule has 0 spiro atoms. The number of aliphatic hydroxyl groups excluding tert-OH is 1. The highest BCUT2D eigenvalue weighted by atomic mass is 35.5. The highest BCUT2D eigenvalue weighted by molar-refractivity contribution is 6.31. The van der Waals surface area contributed by atoms with Crippen molar-refractivity contribution < 1.29 is 9.90 Å². The van der Waals surface area contributed by atoms with Crippen LogP contribution in [0.1, 0.15) is 35.4 Å². The molecule has 0 bridgehead atoms. The number of carbonyl (C=O) groups is 1. The summed E-state index contributed by atoms with van der Waals surface area (Å²) in [6.07, 6.45) is 5.34. The number of hydrogen-bond acceptors (Lipinski definition) is 2. The van der Waals surface area contributed by atoms with E-state index in [4.69, 9.17) is 11.6 Å². The predicted molar refractivity (Wildman–Crippen MR) is 105 cm³/mol. The van der Waals surface area contributed by atoms with Gasteiger partial charge in [-0.2, -0.15) is 0 Å². The van der Waals surface area contributed by atoms with Crippen molar-refractivity contribution in [1.29, 1.82) is 0 Å². The predicted octanol–water partition coefficient (Wildman–Crippen LogP) is 4.61. The van der Waals surface area contributed by atoms with E-state index in [2.05, 4.69) is 5.32 Å². The van der Waals surface area contributed by atoms with E-state index in [1.165, 1.54) is 0 Å². The Morgan fingerprint density at radius 1 is 1.15 bits per heavy atom. The summed E-state index contributed by atoms with van der Waals surface area (Å²) in [7, 11) is 0. The van der Waals surface area contributed by atoms with Gasteiger partial charge in [-0.25, -0.2) is 0 Å². The first-order valence-corrected chi connectivity index (χ1v) is 9.10. The summed E-state index contributed by atoms with van der Waals surface area (Å²) in [5, 5.41) is 14.7. The van der Waals surface area contributed by atoms with Gasteiger partial charge >= 0.3 is 0 Å². The summed E-state index contributed by atoms with van der Waals surface area (Å²) < 4.78 is 0. The molecule has 26 heavy (non-hydrogen) atoms. The molecule has 0 fully saturated rings. The smallest absolute Gasteiger partial charge is 0.251 e. The molecule has 0 radical (unpaired) electrons. The Hall–Kier alpha value is -2.36. The molecule has 1 amide bonds. The molecule has 0 aliphatic heterocycles. The molecule has 2 N–H and O–H groups in total. The Morgan fingerprint density at radius 3 is 2.38 bits per heavy atom. The van der Waals surface area contributed by atoms with Crippen LogP contribution in [0.5, 0.6) is 0 Å². The van der Waals surface area contributed by atoms with Crippen molar-refractivity contribution in [3.63, 3.8) is 0 Å². The Kier molecular flexibility index (Phi) is 5.60. The van der Waals surface area contributed by atoms with Gasteiger partial charge in [-0.3, -0.25) is 4.79 Å². The van der Waals surface area contributed by atoms with Gasteiger partial charge in [0.1, 0.15) is 0 Å². The van der Waals surface area contributed by atoms with Crippen LogP contribution in [0.3, 0.4) is 0 Å². The molecule has 134 valence electrons. The largest absolute Gasteiger partial charge is 0.388 e. The Morgan fingerprint density at radius 2 is 1.77 bits per heavy atom. The van der Waals surface area contributed by atoms with Crippen LogP contribution < -0.4 is 5.32 Å². The highest BCUT2D eigenvalue weighted by Crippen LogP contribution is 2.39. The summed E-state index contributed by atoms with van der Waals surface area (Å²) in [5.74, 6) is -0.547. The third kappa shape index (κ3) is 3.74. The molecule has 2 aromatic rings. The Bertz CT molecular complexity index is 817. The van der Waals surface area contributed by atoms with Gasteiger partial charge in [-0.15, -0.1) is 0 Å². The maximum absolute atomic E-state index is 12.8. The van der Waals surface area contributed by atoms with E-state index in [1.807, 2.05) is 67.6 Å². The van der Waals surface area contributed by atoms with Gasteiger partial charge in [0, 0.05) is 16.5 Å². The lowest BCUT2D eigenvalue weighted by Crippen LogP contribution is -2.54. The average Bonchev–Trinajstić information content (AvgIpc) is 2.70. The number of allylic oxidation sites excluding steroid dienone is 2. The van der Waals surface area contributed by atoms with Gasteiger partial charge in [0.2, 0.25) is 0 Å². The molecular formula is C22H22ClNO2. The number of carbonyl (C=O) groups excluding carboxylic acids is 1. The topological polar surface area (TPSA) is 49.3 Å². The van der Waals surface area contributed by atoms with Crippen LogP contribution in [-0.4, -0.2) is 16.6 Å². The van der Waals surface area contributed by atoms with Gasteiger partial charge < -0.3 is 10.4 Å². The third-order valence-corrected chi connectivity index (χ3v) is 5.17. The molecular weight excluding hydrogens is 346 g/mol. The minimum absolute atomic E-state index is 0.172. The van der Waals surface area contributed by atoms with Gasteiger partial charge in [-0.05, 0) is 30.2 Å². The summed E-state index contributed by atoms with van der Waals surface area (Å²) >= 11 is 6.23. The first kappa shape index (κ1) is 18.4. The maximum atomic E-state index is 12.8. The van der Waals surface area contributed by atoms with E-state index in [-0.39, 0.29) is 11.8 Å². The quantitative estimate of drug-likeness (QED) is 0.810. The first-order valence-electron chi connectivity index (χ1n) is 8.73. The van der Waals surface area contributed by atoms with E-state index in [9.17, 15) is 9.90 Å². The Balaban J connectivity index is 1.94. The molecule has 3 unspecified atom stereocenters. The lowest BCUT2D eigenvalue weighted by molar-refractivity contribution is 0.0695. The second-order valence-corrected chi connectivity index (χ2v) is 6.92. The highest BCUT2D eigenvalue weighted by Gasteiger charge is 2.41. The zero-order chi connectivity index (χ0) is 18.6. The van der Waals surface area contributed by atoms with E-state index in [0.29, 0.717) is 17.0 Å². The van der Waals surface area contributed by atoms with E-state index < -0.39 is 11.6 Å². The Labute approximate surface area is 159 Å². The number of nitrogens with one attached hydrogen (secondary N) is 1. The molecule has 0 aromatic heterocycles. The monoisotopic (exact) mass is 367 g/mol. The lowest BCUT2D eigenvalue weighted by Gasteiger charge is -2.41. The molecule has 4 heteroatoms. The van der Waals surface area contributed by atoms with Gasteiger partial charge in [-0.1, -0.05) is 79.2 Å². The van der Waals surface area contributed by atoms with Crippen LogP contribution in [0.15, 0.2) is 83.9 Å². The fourth-order valence-corrected chi connectivity index (χ4v) is 3.58. The van der Waals surface area contributed by atoms with Crippen LogP contribution in [0.4, 0.5) is 0 Å². The fourth-order valence-electron chi connectivity index (χ4n) is 3.39. The fraction of sp³-hybridized carbons (Fsp3) is 0.227. The minimum atomic E-state index is -0.786. The molecule has 2 aromatic carbocycles. The average molecular weight is 368 g/mol. The summed E-state index contributed by atoms with van der Waals surface area (Å²) in [6, 6.07) is 18.5. The van der Waals surface area contributed by atoms with E-state index >= 15 is 0 Å². The number of benzene rings is 2. The van der Waals surface area contributed by atoms with E-state index in [0.717, 1.165) is 5.56 Å². The van der Waals surface area contributed by atoms with Crippen molar-refractivity contribution in [2.45, 2.75) is 25.0 Å². The molecule has 3 nitrogen and oxygen atoms in total. The van der Waals surface area contributed by atoms with Crippen LogP contribution in [0, 0.1) is 5.92 Å². The van der Waals surface area contributed by atoms with Crippen molar-refractivity contribution >= 4 is 17.5 Å². The number of aliphatic hydroxyl groups is 1. The van der Waals surface area contributed by atoms with Gasteiger partial charge in [0.15, 0.2) is 0 Å². The van der Waals surface area contributed by atoms with Crippen molar-refractivity contribution in [2.24, 2.45) is 5.92 Å². The van der Waals surface area contributed by atoms with Crippen molar-refractivity contribution in [1.82, 2.24) is 5.32 Å². The number of amides is 1. The molecule has 3 rings (SSSR count). The normalized spacial score (nSPS) is 23.2. The molecule has 3 atom stereocenters. The summed E-state index contributed by atoms with van der Waals surface area (Å²) in [5.41, 5.74) is 0.656. The third-order valence-electron chi connectivity index (χ3n) is 4.92. The molecule has 1 aliphatic carbocycles. The SMILES string of the molecule is CCC1(NC(=O)c2ccccc2)C=CC(Cl)=CC1C(O)c1ccccc1. The van der Waals surface area contributed by atoms with Crippen molar-refractivity contribution in [3.8, 4) is 0 Å². The zero-order valence-corrected chi connectivity index (χ0v) is 15.4. The van der Waals surface area contributed by atoms with Crippen molar-refractivity contribution in [2.75, 3.05) is 0 Å². The number of halogens is 1.